The van der Waals surface area contributed by atoms with Crippen LogP contribution < -0.4 is 5.32 Å². The van der Waals surface area contributed by atoms with Crippen molar-refractivity contribution in [1.82, 2.24) is 5.32 Å². The van der Waals surface area contributed by atoms with Crippen molar-refractivity contribution in [1.29, 1.82) is 0 Å². The Labute approximate surface area is 99.9 Å². The lowest BCUT2D eigenvalue weighted by Gasteiger charge is -2.22. The molecule has 3 heteroatoms. The molecular formula is C13H19NOS. The fraction of sp³-hybridized carbons (Fsp3) is 0.538. The van der Waals surface area contributed by atoms with Crippen LogP contribution in [0.3, 0.4) is 0 Å². The first-order chi connectivity index (χ1) is 7.70. The molecule has 1 aromatic carbocycles. The van der Waals surface area contributed by atoms with Crippen molar-refractivity contribution in [3.8, 4) is 0 Å². The van der Waals surface area contributed by atoms with Crippen LogP contribution in [0.25, 0.3) is 0 Å². The highest BCUT2D eigenvalue weighted by atomic mass is 32.2. The molecule has 0 spiro atoms. The maximum absolute atomic E-state index is 12.2. The van der Waals surface area contributed by atoms with Crippen molar-refractivity contribution in [2.45, 2.75) is 36.8 Å². The van der Waals surface area contributed by atoms with Crippen molar-refractivity contribution < 1.29 is 4.21 Å². The molecule has 1 heterocycles. The normalized spacial score (nSPS) is 35.6. The zero-order chi connectivity index (χ0) is 11.5. The molecule has 4 atom stereocenters. The lowest BCUT2D eigenvalue weighted by atomic mass is 10.0. The highest BCUT2D eigenvalue weighted by Gasteiger charge is 2.29. The Balaban J connectivity index is 2.24. The summed E-state index contributed by atoms with van der Waals surface area (Å²) in [6.45, 7) is 5.13. The molecule has 0 saturated carbocycles. The highest BCUT2D eigenvalue weighted by molar-refractivity contribution is 7.86. The summed E-state index contributed by atoms with van der Waals surface area (Å²) in [5.74, 6) is 0. The van der Waals surface area contributed by atoms with Gasteiger partial charge in [-0.1, -0.05) is 37.3 Å². The topological polar surface area (TPSA) is 29.1 Å². The molecule has 0 aromatic heterocycles. The third-order valence-electron chi connectivity index (χ3n) is 3.31. The maximum Gasteiger partial charge on any atom is 0.0517 e. The molecule has 1 saturated heterocycles. The molecule has 1 N–H and O–H groups in total. The Kier molecular flexibility index (Phi) is 3.77. The van der Waals surface area contributed by atoms with E-state index in [0.29, 0.717) is 5.25 Å². The number of rotatable bonds is 1. The van der Waals surface area contributed by atoms with Crippen LogP contribution in [0.15, 0.2) is 30.3 Å². The van der Waals surface area contributed by atoms with Crippen LogP contribution in [0.4, 0.5) is 0 Å². The second kappa shape index (κ2) is 5.11. The van der Waals surface area contributed by atoms with Gasteiger partial charge in [-0.05, 0) is 25.5 Å². The van der Waals surface area contributed by atoms with Crippen molar-refractivity contribution in [3.05, 3.63) is 35.9 Å². The van der Waals surface area contributed by atoms with Gasteiger partial charge in [0, 0.05) is 22.1 Å². The summed E-state index contributed by atoms with van der Waals surface area (Å²) in [7, 11) is -0.740. The Morgan fingerprint density at radius 2 is 1.94 bits per heavy atom. The second-order valence-corrected chi connectivity index (χ2v) is 6.68. The highest BCUT2D eigenvalue weighted by Crippen LogP contribution is 2.25. The maximum atomic E-state index is 12.2. The molecular weight excluding hydrogens is 218 g/mol. The third kappa shape index (κ3) is 2.36. The average Bonchev–Trinajstić information content (AvgIpc) is 2.44. The summed E-state index contributed by atoms with van der Waals surface area (Å²) < 4.78 is 12.2. The monoisotopic (exact) mass is 237 g/mol. The zero-order valence-corrected chi connectivity index (χ0v) is 10.7. The van der Waals surface area contributed by atoms with E-state index in [2.05, 4.69) is 31.3 Å². The van der Waals surface area contributed by atoms with Gasteiger partial charge in [0.25, 0.3) is 0 Å². The van der Waals surface area contributed by atoms with E-state index in [1.54, 1.807) is 0 Å². The van der Waals surface area contributed by atoms with Gasteiger partial charge in [-0.2, -0.15) is 0 Å². The SMILES string of the molecule is CC1CCNC(c2ccccc2)C(C)S1=O. The van der Waals surface area contributed by atoms with Crippen LogP contribution >= 0.6 is 0 Å². The quantitative estimate of drug-likeness (QED) is 0.811. The third-order valence-corrected chi connectivity index (χ3v) is 5.34. The molecule has 0 aliphatic carbocycles. The first kappa shape index (κ1) is 11.8. The van der Waals surface area contributed by atoms with Gasteiger partial charge in [-0.3, -0.25) is 4.21 Å². The van der Waals surface area contributed by atoms with Gasteiger partial charge in [0.2, 0.25) is 0 Å². The summed E-state index contributed by atoms with van der Waals surface area (Å²) in [4.78, 5) is 0. The van der Waals surface area contributed by atoms with E-state index in [4.69, 9.17) is 0 Å². The Hall–Kier alpha value is -0.670. The molecule has 16 heavy (non-hydrogen) atoms. The number of hydrogen-bond acceptors (Lipinski definition) is 2. The van der Waals surface area contributed by atoms with Gasteiger partial charge < -0.3 is 5.32 Å². The van der Waals surface area contributed by atoms with Crippen molar-refractivity contribution in [2.75, 3.05) is 6.54 Å². The Morgan fingerprint density at radius 3 is 2.62 bits per heavy atom. The van der Waals surface area contributed by atoms with Gasteiger partial charge in [0.05, 0.1) is 5.25 Å². The van der Waals surface area contributed by atoms with Crippen molar-refractivity contribution in [3.63, 3.8) is 0 Å². The van der Waals surface area contributed by atoms with Crippen LogP contribution in [0, 0.1) is 0 Å². The Bertz CT molecular complexity index is 365. The molecule has 1 fully saturated rings. The molecule has 0 bridgehead atoms. The van der Waals surface area contributed by atoms with E-state index in [9.17, 15) is 4.21 Å². The largest absolute Gasteiger partial charge is 0.309 e. The minimum absolute atomic E-state index is 0.180. The zero-order valence-electron chi connectivity index (χ0n) is 9.85. The molecule has 1 aromatic rings. The molecule has 0 radical (unpaired) electrons. The summed E-state index contributed by atoms with van der Waals surface area (Å²) in [5.41, 5.74) is 1.25. The lowest BCUT2D eigenvalue weighted by Crippen LogP contribution is -2.31. The van der Waals surface area contributed by atoms with Crippen LogP contribution in [-0.2, 0) is 10.8 Å². The first-order valence-electron chi connectivity index (χ1n) is 5.88. The first-order valence-corrected chi connectivity index (χ1v) is 7.15. The van der Waals surface area contributed by atoms with E-state index in [1.165, 1.54) is 5.56 Å². The van der Waals surface area contributed by atoms with Gasteiger partial charge in [-0.15, -0.1) is 0 Å². The fourth-order valence-corrected chi connectivity index (χ4v) is 3.88. The van der Waals surface area contributed by atoms with Gasteiger partial charge in [-0.25, -0.2) is 0 Å². The van der Waals surface area contributed by atoms with Gasteiger partial charge >= 0.3 is 0 Å². The molecule has 2 rings (SSSR count). The number of nitrogens with one attached hydrogen (secondary N) is 1. The van der Waals surface area contributed by atoms with E-state index < -0.39 is 10.8 Å². The van der Waals surface area contributed by atoms with Gasteiger partial charge in [0.15, 0.2) is 0 Å². The Morgan fingerprint density at radius 1 is 1.25 bits per heavy atom. The van der Waals surface area contributed by atoms with Crippen molar-refractivity contribution in [2.24, 2.45) is 0 Å². The molecule has 1 aliphatic rings. The van der Waals surface area contributed by atoms with Crippen LogP contribution in [-0.4, -0.2) is 21.3 Å². The van der Waals surface area contributed by atoms with Gasteiger partial charge in [0.1, 0.15) is 0 Å². The predicted molar refractivity (Wildman–Crippen MR) is 68.9 cm³/mol. The summed E-state index contributed by atoms with van der Waals surface area (Å²) >= 11 is 0. The molecule has 0 amide bonds. The smallest absolute Gasteiger partial charge is 0.0517 e. The predicted octanol–water partition coefficient (Wildman–Crippen LogP) is 2.25. The molecule has 4 unspecified atom stereocenters. The molecule has 2 nitrogen and oxygen atoms in total. The minimum atomic E-state index is -0.740. The van der Waals surface area contributed by atoms with E-state index in [0.717, 1.165) is 13.0 Å². The average molecular weight is 237 g/mol. The van der Waals surface area contributed by atoms with Crippen molar-refractivity contribution >= 4 is 10.8 Å². The fourth-order valence-electron chi connectivity index (χ4n) is 2.27. The second-order valence-electron chi connectivity index (χ2n) is 4.48. The molecule has 1 aliphatic heterocycles. The summed E-state index contributed by atoms with van der Waals surface area (Å²) in [6, 6.07) is 10.6. The van der Waals surface area contributed by atoms with E-state index >= 15 is 0 Å². The standard InChI is InChI=1S/C13H19NOS/c1-10-8-9-14-13(11(2)16(10)15)12-6-4-3-5-7-12/h3-7,10-11,13-14H,8-9H2,1-2H3. The summed E-state index contributed by atoms with van der Waals surface area (Å²) in [5, 5.41) is 4.00. The minimum Gasteiger partial charge on any atom is -0.309 e. The molecule has 88 valence electrons. The summed E-state index contributed by atoms with van der Waals surface area (Å²) in [6.07, 6.45) is 1.00. The van der Waals surface area contributed by atoms with Crippen LogP contribution in [0.2, 0.25) is 0 Å². The van der Waals surface area contributed by atoms with E-state index in [1.807, 2.05) is 18.2 Å². The van der Waals surface area contributed by atoms with E-state index in [-0.39, 0.29) is 11.3 Å². The lowest BCUT2D eigenvalue weighted by molar-refractivity contribution is 0.532. The number of benzene rings is 1. The van der Waals surface area contributed by atoms with Crippen LogP contribution in [0.5, 0.6) is 0 Å². The van der Waals surface area contributed by atoms with Crippen LogP contribution in [0.1, 0.15) is 31.9 Å². The number of hydrogen-bond donors (Lipinski definition) is 1.